The molecular weight excluding hydrogens is 422 g/mol. The minimum absolute atomic E-state index is 0.0123. The standard InChI is InChI=1S/C23H27N7OS/c1-13-12-24-21(32-13)14-6-7-16(19(31)8-14)17-9-18-20(27-25-17)30(29-26-18)15-10-22(2,3)28-23(4,5)11-15/h6-9,12,15,28,31H,10-11H2,1-5H3. The van der Waals surface area contributed by atoms with Crippen LogP contribution in [-0.2, 0) is 0 Å². The van der Waals surface area contributed by atoms with Crippen LogP contribution in [0.25, 0.3) is 33.0 Å². The molecule has 166 valence electrons. The second-order valence-electron chi connectivity index (χ2n) is 9.94. The molecule has 3 aromatic heterocycles. The number of benzene rings is 1. The molecule has 2 N–H and O–H groups in total. The third-order valence-electron chi connectivity index (χ3n) is 5.88. The molecule has 0 amide bonds. The van der Waals surface area contributed by atoms with Gasteiger partial charge in [0.15, 0.2) is 0 Å². The average molecular weight is 450 g/mol. The zero-order valence-electron chi connectivity index (χ0n) is 18.9. The van der Waals surface area contributed by atoms with Crippen molar-refractivity contribution in [3.05, 3.63) is 35.3 Å². The molecule has 1 fully saturated rings. The SMILES string of the molecule is Cc1cnc(-c2ccc(-c3cc4nnn(C5CC(C)(C)NC(C)(C)C5)c4nn3)c(O)c2)s1. The summed E-state index contributed by atoms with van der Waals surface area (Å²) < 4.78 is 1.91. The fourth-order valence-electron chi connectivity index (χ4n) is 4.94. The van der Waals surface area contributed by atoms with Gasteiger partial charge in [-0.1, -0.05) is 11.3 Å². The second-order valence-corrected chi connectivity index (χ2v) is 11.2. The van der Waals surface area contributed by atoms with E-state index < -0.39 is 0 Å². The van der Waals surface area contributed by atoms with Gasteiger partial charge < -0.3 is 10.4 Å². The summed E-state index contributed by atoms with van der Waals surface area (Å²) in [5, 5.41) is 32.9. The molecule has 1 aromatic carbocycles. The van der Waals surface area contributed by atoms with E-state index in [0.29, 0.717) is 22.4 Å². The Kier molecular flexibility index (Phi) is 4.79. The number of hydrogen-bond donors (Lipinski definition) is 2. The molecule has 1 saturated heterocycles. The predicted octanol–water partition coefficient (Wildman–Crippen LogP) is 4.51. The molecule has 4 aromatic rings. The highest BCUT2D eigenvalue weighted by atomic mass is 32.1. The summed E-state index contributed by atoms with van der Waals surface area (Å²) in [5.41, 5.74) is 3.36. The molecule has 0 radical (unpaired) electrons. The van der Waals surface area contributed by atoms with Gasteiger partial charge in [0.1, 0.15) is 16.3 Å². The normalized spacial score (nSPS) is 18.3. The van der Waals surface area contributed by atoms with Crippen LogP contribution in [0.5, 0.6) is 5.75 Å². The number of aromatic nitrogens is 6. The van der Waals surface area contributed by atoms with Crippen molar-refractivity contribution >= 4 is 22.5 Å². The predicted molar refractivity (Wildman–Crippen MR) is 126 cm³/mol. The van der Waals surface area contributed by atoms with E-state index in [1.54, 1.807) is 17.4 Å². The molecule has 0 saturated carbocycles. The number of nitrogens with one attached hydrogen (secondary N) is 1. The molecule has 0 unspecified atom stereocenters. The number of rotatable bonds is 3. The monoisotopic (exact) mass is 449 g/mol. The van der Waals surface area contributed by atoms with Gasteiger partial charge in [0.25, 0.3) is 0 Å². The first-order valence-corrected chi connectivity index (χ1v) is 11.6. The second kappa shape index (κ2) is 7.31. The number of hydrogen-bond acceptors (Lipinski definition) is 8. The molecule has 0 atom stereocenters. The highest BCUT2D eigenvalue weighted by Crippen LogP contribution is 2.37. The van der Waals surface area contributed by atoms with E-state index in [0.717, 1.165) is 28.3 Å². The molecule has 0 aliphatic carbocycles. The number of nitrogens with zero attached hydrogens (tertiary/aromatic N) is 6. The Balaban J connectivity index is 1.48. The van der Waals surface area contributed by atoms with Crippen LogP contribution in [0.4, 0.5) is 0 Å². The summed E-state index contributed by atoms with van der Waals surface area (Å²) in [6.07, 6.45) is 3.69. The number of aromatic hydroxyl groups is 1. The van der Waals surface area contributed by atoms with E-state index in [1.807, 2.05) is 36.0 Å². The van der Waals surface area contributed by atoms with Gasteiger partial charge in [-0.05, 0) is 65.7 Å². The van der Waals surface area contributed by atoms with Crippen LogP contribution in [0.2, 0.25) is 0 Å². The van der Waals surface area contributed by atoms with Gasteiger partial charge >= 0.3 is 0 Å². The summed E-state index contributed by atoms with van der Waals surface area (Å²) in [5.74, 6) is 0.137. The van der Waals surface area contributed by atoms with Gasteiger partial charge in [-0.3, -0.25) is 0 Å². The first-order valence-electron chi connectivity index (χ1n) is 10.7. The van der Waals surface area contributed by atoms with Crippen LogP contribution in [0.1, 0.15) is 51.5 Å². The van der Waals surface area contributed by atoms with Gasteiger partial charge in [0.05, 0.1) is 11.7 Å². The van der Waals surface area contributed by atoms with Crippen molar-refractivity contribution in [1.29, 1.82) is 0 Å². The molecule has 9 heteroatoms. The quantitative estimate of drug-likeness (QED) is 0.474. The lowest BCUT2D eigenvalue weighted by Crippen LogP contribution is -2.58. The van der Waals surface area contributed by atoms with Crippen molar-refractivity contribution in [1.82, 2.24) is 35.5 Å². The van der Waals surface area contributed by atoms with Crippen molar-refractivity contribution < 1.29 is 5.11 Å². The molecule has 5 rings (SSSR count). The Labute approximate surface area is 190 Å². The van der Waals surface area contributed by atoms with Crippen LogP contribution in [0.15, 0.2) is 30.5 Å². The van der Waals surface area contributed by atoms with Crippen LogP contribution < -0.4 is 5.32 Å². The highest BCUT2D eigenvalue weighted by Gasteiger charge is 2.39. The number of piperidine rings is 1. The maximum Gasteiger partial charge on any atom is 0.201 e. The Morgan fingerprint density at radius 3 is 2.47 bits per heavy atom. The topological polar surface area (TPSA) is 102 Å². The largest absolute Gasteiger partial charge is 0.507 e. The van der Waals surface area contributed by atoms with E-state index in [1.165, 1.54) is 0 Å². The molecule has 0 bridgehead atoms. The smallest absolute Gasteiger partial charge is 0.201 e. The third kappa shape index (κ3) is 3.86. The van der Waals surface area contributed by atoms with Gasteiger partial charge in [0, 0.05) is 33.3 Å². The maximum absolute atomic E-state index is 10.7. The van der Waals surface area contributed by atoms with Crippen molar-refractivity contribution in [2.45, 2.75) is 64.6 Å². The van der Waals surface area contributed by atoms with Gasteiger partial charge in [-0.15, -0.1) is 26.6 Å². The van der Waals surface area contributed by atoms with E-state index in [2.05, 4.69) is 58.5 Å². The summed E-state index contributed by atoms with van der Waals surface area (Å²) in [4.78, 5) is 5.52. The fourth-order valence-corrected chi connectivity index (χ4v) is 5.70. The number of thiazole rings is 1. The van der Waals surface area contributed by atoms with Crippen LogP contribution in [-0.4, -0.2) is 46.4 Å². The summed E-state index contributed by atoms with van der Waals surface area (Å²) >= 11 is 1.59. The summed E-state index contributed by atoms with van der Waals surface area (Å²) in [6, 6.07) is 7.52. The van der Waals surface area contributed by atoms with Crippen LogP contribution >= 0.6 is 11.3 Å². The van der Waals surface area contributed by atoms with Crippen molar-refractivity contribution in [3.8, 4) is 27.6 Å². The van der Waals surface area contributed by atoms with Crippen molar-refractivity contribution in [2.75, 3.05) is 0 Å². The Morgan fingerprint density at radius 2 is 1.81 bits per heavy atom. The minimum atomic E-state index is -0.0123. The van der Waals surface area contributed by atoms with Gasteiger partial charge in [-0.2, -0.15) is 0 Å². The lowest BCUT2D eigenvalue weighted by Gasteiger charge is -2.46. The number of phenols is 1. The zero-order valence-corrected chi connectivity index (χ0v) is 19.7. The lowest BCUT2D eigenvalue weighted by atomic mass is 9.80. The van der Waals surface area contributed by atoms with Crippen molar-refractivity contribution in [3.63, 3.8) is 0 Å². The Hall–Kier alpha value is -2.91. The summed E-state index contributed by atoms with van der Waals surface area (Å²) in [6.45, 7) is 10.9. The number of aryl methyl sites for hydroxylation is 1. The maximum atomic E-state index is 10.7. The van der Waals surface area contributed by atoms with Crippen molar-refractivity contribution in [2.24, 2.45) is 0 Å². The Bertz CT molecular complexity index is 1290. The summed E-state index contributed by atoms with van der Waals surface area (Å²) in [7, 11) is 0. The molecule has 1 aliphatic heterocycles. The molecule has 4 heterocycles. The van der Waals surface area contributed by atoms with Gasteiger partial charge in [-0.25, -0.2) is 9.67 Å². The molecule has 0 spiro atoms. The van der Waals surface area contributed by atoms with Crippen LogP contribution in [0.3, 0.4) is 0 Å². The van der Waals surface area contributed by atoms with E-state index in [-0.39, 0.29) is 22.9 Å². The molecular formula is C23H27N7OS. The third-order valence-corrected chi connectivity index (χ3v) is 6.84. The fraction of sp³-hybridized carbons (Fsp3) is 0.435. The zero-order chi connectivity index (χ0) is 22.7. The number of phenolic OH excluding ortho intramolecular Hbond substituents is 1. The average Bonchev–Trinajstić information content (AvgIpc) is 3.31. The Morgan fingerprint density at radius 1 is 1.06 bits per heavy atom. The first-order chi connectivity index (χ1) is 15.1. The van der Waals surface area contributed by atoms with E-state index in [4.69, 9.17) is 0 Å². The van der Waals surface area contributed by atoms with E-state index >= 15 is 0 Å². The van der Waals surface area contributed by atoms with E-state index in [9.17, 15) is 5.11 Å². The van der Waals surface area contributed by atoms with Gasteiger partial charge in [0.2, 0.25) is 5.65 Å². The van der Waals surface area contributed by atoms with Crippen LogP contribution in [0, 0.1) is 6.92 Å². The lowest BCUT2D eigenvalue weighted by molar-refractivity contribution is 0.127. The minimum Gasteiger partial charge on any atom is -0.507 e. The molecule has 32 heavy (non-hydrogen) atoms. The molecule has 1 aliphatic rings. The first kappa shape index (κ1) is 21.0. The highest BCUT2D eigenvalue weighted by molar-refractivity contribution is 7.14. The molecule has 8 nitrogen and oxygen atoms in total. The number of fused-ring (bicyclic) bond motifs is 1.